The number of hydrogen-bond donors (Lipinski definition) is 1. The highest BCUT2D eigenvalue weighted by molar-refractivity contribution is 6.32. The monoisotopic (exact) mass is 320 g/mol. The van der Waals surface area contributed by atoms with Gasteiger partial charge in [-0.25, -0.2) is 0 Å². The van der Waals surface area contributed by atoms with E-state index in [1.807, 2.05) is 0 Å². The topological polar surface area (TPSA) is 64.4 Å². The second-order valence-corrected chi connectivity index (χ2v) is 5.73. The standard InChI is InChI=1S/C16H17ClN2O3/c1-10(21-14-9-5-3-7-12(14)17)15(20)18-16-11-6-2-4-8-13(11)19-22-16/h3,5,7,9-10H,2,4,6,8H2,1H3,(H,18,20)/t10-/m0/s1. The molecule has 0 unspecified atom stereocenters. The summed E-state index contributed by atoms with van der Waals surface area (Å²) >= 11 is 6.03. The first-order valence-electron chi connectivity index (χ1n) is 7.34. The van der Waals surface area contributed by atoms with Gasteiger partial charge in [-0.2, -0.15) is 0 Å². The van der Waals surface area contributed by atoms with Crippen LogP contribution in [0.3, 0.4) is 0 Å². The van der Waals surface area contributed by atoms with Gasteiger partial charge >= 0.3 is 0 Å². The number of nitrogens with zero attached hydrogens (tertiary/aromatic N) is 1. The summed E-state index contributed by atoms with van der Waals surface area (Å²) in [6.45, 7) is 1.67. The highest BCUT2D eigenvalue weighted by atomic mass is 35.5. The first kappa shape index (κ1) is 14.9. The summed E-state index contributed by atoms with van der Waals surface area (Å²) in [6, 6.07) is 7.05. The molecule has 0 spiro atoms. The third-order valence-corrected chi connectivity index (χ3v) is 4.02. The molecule has 0 saturated carbocycles. The Hall–Kier alpha value is -2.01. The van der Waals surface area contributed by atoms with Gasteiger partial charge < -0.3 is 9.26 Å². The normalized spacial score (nSPS) is 15.0. The van der Waals surface area contributed by atoms with E-state index in [1.54, 1.807) is 31.2 Å². The van der Waals surface area contributed by atoms with E-state index in [1.165, 1.54) is 0 Å². The van der Waals surface area contributed by atoms with Crippen molar-refractivity contribution >= 4 is 23.4 Å². The number of anilines is 1. The fourth-order valence-corrected chi connectivity index (χ4v) is 2.67. The molecule has 0 bridgehead atoms. The number of rotatable bonds is 4. The average molecular weight is 321 g/mol. The number of para-hydroxylation sites is 1. The molecule has 2 aromatic rings. The van der Waals surface area contributed by atoms with Crippen LogP contribution in [0.25, 0.3) is 0 Å². The lowest BCUT2D eigenvalue weighted by molar-refractivity contribution is -0.122. The summed E-state index contributed by atoms with van der Waals surface area (Å²) < 4.78 is 10.8. The number of nitrogens with one attached hydrogen (secondary N) is 1. The second-order valence-electron chi connectivity index (χ2n) is 5.32. The van der Waals surface area contributed by atoms with Crippen LogP contribution in [0.15, 0.2) is 28.8 Å². The summed E-state index contributed by atoms with van der Waals surface area (Å²) in [5.74, 6) is 0.630. The average Bonchev–Trinajstić information content (AvgIpc) is 2.93. The van der Waals surface area contributed by atoms with Crippen molar-refractivity contribution in [3.8, 4) is 5.75 Å². The number of ether oxygens (including phenoxy) is 1. The van der Waals surface area contributed by atoms with E-state index in [0.29, 0.717) is 16.7 Å². The zero-order chi connectivity index (χ0) is 15.5. The molecule has 1 N–H and O–H groups in total. The number of aromatic nitrogens is 1. The maximum Gasteiger partial charge on any atom is 0.267 e. The van der Waals surface area contributed by atoms with Crippen LogP contribution in [0, 0.1) is 0 Å². The number of halogens is 1. The summed E-state index contributed by atoms with van der Waals surface area (Å²) in [6.07, 6.45) is 3.29. The fourth-order valence-electron chi connectivity index (χ4n) is 2.49. The van der Waals surface area contributed by atoms with Crippen LogP contribution in [-0.4, -0.2) is 17.2 Å². The van der Waals surface area contributed by atoms with E-state index >= 15 is 0 Å². The predicted molar refractivity (Wildman–Crippen MR) is 83.3 cm³/mol. The van der Waals surface area contributed by atoms with Gasteiger partial charge in [-0.05, 0) is 44.7 Å². The molecule has 1 aromatic carbocycles. The summed E-state index contributed by atoms with van der Waals surface area (Å²) in [7, 11) is 0. The molecular weight excluding hydrogens is 304 g/mol. The molecule has 116 valence electrons. The smallest absolute Gasteiger partial charge is 0.267 e. The number of benzene rings is 1. The Balaban J connectivity index is 1.67. The number of carbonyl (C=O) groups is 1. The van der Waals surface area contributed by atoms with E-state index < -0.39 is 6.10 Å². The fraction of sp³-hybridized carbons (Fsp3) is 0.375. The molecule has 1 aromatic heterocycles. The van der Waals surface area contributed by atoms with E-state index in [2.05, 4.69) is 10.5 Å². The number of fused-ring (bicyclic) bond motifs is 1. The van der Waals surface area contributed by atoms with Crippen LogP contribution < -0.4 is 10.1 Å². The Morgan fingerprint density at radius 1 is 1.36 bits per heavy atom. The van der Waals surface area contributed by atoms with Gasteiger partial charge in [0.2, 0.25) is 5.88 Å². The van der Waals surface area contributed by atoms with E-state index in [4.69, 9.17) is 20.9 Å². The molecule has 1 atom stereocenters. The van der Waals surface area contributed by atoms with Gasteiger partial charge in [-0.1, -0.05) is 28.9 Å². The second kappa shape index (κ2) is 6.40. The van der Waals surface area contributed by atoms with Crippen molar-refractivity contribution in [1.82, 2.24) is 5.16 Å². The predicted octanol–water partition coefficient (Wildman–Crippen LogP) is 3.61. The Morgan fingerprint density at radius 3 is 2.95 bits per heavy atom. The van der Waals surface area contributed by atoms with Crippen LogP contribution in [-0.2, 0) is 17.6 Å². The molecule has 5 nitrogen and oxygen atoms in total. The number of aryl methyl sites for hydroxylation is 1. The zero-order valence-corrected chi connectivity index (χ0v) is 13.0. The van der Waals surface area contributed by atoms with Gasteiger partial charge in [0.15, 0.2) is 6.10 Å². The molecule has 22 heavy (non-hydrogen) atoms. The van der Waals surface area contributed by atoms with Crippen LogP contribution in [0.2, 0.25) is 5.02 Å². The van der Waals surface area contributed by atoms with E-state index in [0.717, 1.165) is 36.9 Å². The lowest BCUT2D eigenvalue weighted by Crippen LogP contribution is -2.30. The molecule has 1 heterocycles. The van der Waals surface area contributed by atoms with Crippen molar-refractivity contribution in [3.63, 3.8) is 0 Å². The van der Waals surface area contributed by atoms with Crippen molar-refractivity contribution in [2.45, 2.75) is 38.7 Å². The highest BCUT2D eigenvalue weighted by Gasteiger charge is 2.23. The van der Waals surface area contributed by atoms with Crippen molar-refractivity contribution in [1.29, 1.82) is 0 Å². The van der Waals surface area contributed by atoms with Crippen LogP contribution in [0.1, 0.15) is 31.0 Å². The Morgan fingerprint density at radius 2 is 2.14 bits per heavy atom. The minimum absolute atomic E-state index is 0.288. The molecule has 1 amide bonds. The number of carbonyl (C=O) groups excluding carboxylic acids is 1. The minimum Gasteiger partial charge on any atom is -0.479 e. The van der Waals surface area contributed by atoms with Crippen molar-refractivity contribution in [3.05, 3.63) is 40.5 Å². The van der Waals surface area contributed by atoms with E-state index in [-0.39, 0.29) is 5.91 Å². The van der Waals surface area contributed by atoms with Gasteiger partial charge in [0.05, 0.1) is 10.7 Å². The van der Waals surface area contributed by atoms with Crippen LogP contribution in [0.4, 0.5) is 5.88 Å². The SMILES string of the molecule is C[C@H](Oc1ccccc1Cl)C(=O)Nc1onc2c1CCCC2. The van der Waals surface area contributed by atoms with Gasteiger partial charge in [-0.15, -0.1) is 0 Å². The Labute approximate surface area is 133 Å². The summed E-state index contributed by atoms with van der Waals surface area (Å²) in [5.41, 5.74) is 1.95. The molecule has 0 radical (unpaired) electrons. The quantitative estimate of drug-likeness (QED) is 0.934. The summed E-state index contributed by atoms with van der Waals surface area (Å²) in [4.78, 5) is 12.2. The first-order chi connectivity index (χ1) is 10.6. The Bertz CT molecular complexity index is 684. The van der Waals surface area contributed by atoms with Crippen molar-refractivity contribution in [2.75, 3.05) is 5.32 Å². The molecule has 6 heteroatoms. The molecule has 0 fully saturated rings. The van der Waals surface area contributed by atoms with E-state index in [9.17, 15) is 4.79 Å². The maximum atomic E-state index is 12.2. The largest absolute Gasteiger partial charge is 0.479 e. The van der Waals surface area contributed by atoms with Gasteiger partial charge in [0.25, 0.3) is 5.91 Å². The zero-order valence-electron chi connectivity index (χ0n) is 12.3. The third-order valence-electron chi connectivity index (χ3n) is 3.71. The minimum atomic E-state index is -0.691. The first-order valence-corrected chi connectivity index (χ1v) is 7.72. The Kier molecular flexibility index (Phi) is 4.34. The molecule has 0 aliphatic heterocycles. The van der Waals surface area contributed by atoms with Crippen molar-refractivity contribution in [2.24, 2.45) is 0 Å². The van der Waals surface area contributed by atoms with Crippen molar-refractivity contribution < 1.29 is 14.1 Å². The van der Waals surface area contributed by atoms with Gasteiger partial charge in [0.1, 0.15) is 5.75 Å². The van der Waals surface area contributed by atoms with Crippen LogP contribution >= 0.6 is 11.6 Å². The van der Waals surface area contributed by atoms with Crippen LogP contribution in [0.5, 0.6) is 5.75 Å². The summed E-state index contributed by atoms with van der Waals surface area (Å²) in [5, 5.41) is 7.24. The number of hydrogen-bond acceptors (Lipinski definition) is 4. The van der Waals surface area contributed by atoms with Gasteiger partial charge in [-0.3, -0.25) is 10.1 Å². The molecule has 0 saturated heterocycles. The maximum absolute atomic E-state index is 12.2. The lowest BCUT2D eigenvalue weighted by Gasteiger charge is -2.15. The number of amides is 1. The molecular formula is C16H17ClN2O3. The highest BCUT2D eigenvalue weighted by Crippen LogP contribution is 2.28. The third kappa shape index (κ3) is 3.09. The van der Waals surface area contributed by atoms with Gasteiger partial charge in [0, 0.05) is 5.56 Å². The molecule has 3 rings (SSSR count). The molecule has 1 aliphatic carbocycles. The molecule has 1 aliphatic rings. The lowest BCUT2D eigenvalue weighted by atomic mass is 9.98.